The number of nitrogens with one attached hydrogen (secondary N) is 1. The van der Waals surface area contributed by atoms with Crippen molar-refractivity contribution in [3.05, 3.63) is 29.3 Å². The van der Waals surface area contributed by atoms with E-state index in [-0.39, 0.29) is 11.9 Å². The first kappa shape index (κ1) is 13.9. The fourth-order valence-electron chi connectivity index (χ4n) is 2.91. The molecule has 0 radical (unpaired) electrons. The summed E-state index contributed by atoms with van der Waals surface area (Å²) < 4.78 is 5.36. The second-order valence-electron chi connectivity index (χ2n) is 5.44. The van der Waals surface area contributed by atoms with E-state index < -0.39 is 0 Å². The van der Waals surface area contributed by atoms with E-state index in [4.69, 9.17) is 16.3 Å². The summed E-state index contributed by atoms with van der Waals surface area (Å²) in [4.78, 5) is 14.0. The normalized spacial score (nSPS) is 24.4. The van der Waals surface area contributed by atoms with Crippen LogP contribution in [0.2, 0.25) is 5.02 Å². The van der Waals surface area contributed by atoms with Crippen LogP contribution >= 0.6 is 11.6 Å². The van der Waals surface area contributed by atoms with Gasteiger partial charge in [0.05, 0.1) is 0 Å². The Kier molecular flexibility index (Phi) is 4.24. The lowest BCUT2D eigenvalue weighted by molar-refractivity contribution is -0.117. The lowest BCUT2D eigenvalue weighted by Crippen LogP contribution is -2.42. The summed E-state index contributed by atoms with van der Waals surface area (Å²) in [6.45, 7) is 2.35. The smallest absolute Gasteiger partial charge is 0.228 e. The van der Waals surface area contributed by atoms with Crippen LogP contribution in [0.1, 0.15) is 19.3 Å². The van der Waals surface area contributed by atoms with Crippen molar-refractivity contribution in [2.45, 2.75) is 31.3 Å². The zero-order chi connectivity index (χ0) is 13.9. The molecule has 2 saturated heterocycles. The van der Waals surface area contributed by atoms with Crippen molar-refractivity contribution in [3.8, 4) is 0 Å². The first-order chi connectivity index (χ1) is 9.72. The molecule has 2 heterocycles. The summed E-state index contributed by atoms with van der Waals surface area (Å²) in [6.07, 6.45) is 2.62. The van der Waals surface area contributed by atoms with Gasteiger partial charge < -0.3 is 15.0 Å². The van der Waals surface area contributed by atoms with Crippen LogP contribution in [-0.4, -0.2) is 37.7 Å². The number of carbonyl (C=O) groups excluding carboxylic acids is 1. The SMILES string of the molecule is O=C1CC(NC2CCOCC2)CN1c1cccc(Cl)c1. The second kappa shape index (κ2) is 6.12. The van der Waals surface area contributed by atoms with E-state index in [1.54, 1.807) is 0 Å². The van der Waals surface area contributed by atoms with Crippen LogP contribution < -0.4 is 10.2 Å². The lowest BCUT2D eigenvalue weighted by Gasteiger charge is -2.26. The number of hydrogen-bond donors (Lipinski definition) is 1. The van der Waals surface area contributed by atoms with Crippen molar-refractivity contribution in [2.75, 3.05) is 24.7 Å². The van der Waals surface area contributed by atoms with Gasteiger partial charge >= 0.3 is 0 Å². The van der Waals surface area contributed by atoms with Crippen molar-refractivity contribution in [3.63, 3.8) is 0 Å². The molecule has 2 fully saturated rings. The number of ether oxygens (including phenoxy) is 1. The summed E-state index contributed by atoms with van der Waals surface area (Å²) in [5.41, 5.74) is 0.888. The number of halogens is 1. The van der Waals surface area contributed by atoms with Crippen molar-refractivity contribution >= 4 is 23.2 Å². The molecule has 0 saturated carbocycles. The monoisotopic (exact) mass is 294 g/mol. The molecule has 1 amide bonds. The molecule has 0 aliphatic carbocycles. The van der Waals surface area contributed by atoms with E-state index in [1.807, 2.05) is 29.2 Å². The summed E-state index contributed by atoms with van der Waals surface area (Å²) >= 11 is 6.00. The molecule has 0 spiro atoms. The Labute approximate surface area is 124 Å². The number of carbonyl (C=O) groups is 1. The Hall–Kier alpha value is -1.10. The minimum Gasteiger partial charge on any atom is -0.381 e. The maximum atomic E-state index is 12.2. The molecule has 20 heavy (non-hydrogen) atoms. The summed E-state index contributed by atoms with van der Waals surface area (Å²) in [5.74, 6) is 0.164. The molecule has 4 nitrogen and oxygen atoms in total. The molecule has 0 bridgehead atoms. The third kappa shape index (κ3) is 3.14. The molecular formula is C15H19ClN2O2. The molecule has 1 atom stereocenters. The molecule has 0 aromatic heterocycles. The topological polar surface area (TPSA) is 41.6 Å². The fraction of sp³-hybridized carbons (Fsp3) is 0.533. The van der Waals surface area contributed by atoms with Gasteiger partial charge in [-0.1, -0.05) is 17.7 Å². The van der Waals surface area contributed by atoms with E-state index in [0.29, 0.717) is 17.5 Å². The number of anilines is 1. The molecule has 1 aromatic rings. The van der Waals surface area contributed by atoms with Gasteiger partial charge in [0.15, 0.2) is 0 Å². The zero-order valence-corrected chi connectivity index (χ0v) is 12.1. The average molecular weight is 295 g/mol. The van der Waals surface area contributed by atoms with Gasteiger partial charge in [0.25, 0.3) is 0 Å². The third-order valence-electron chi connectivity index (χ3n) is 3.94. The predicted octanol–water partition coefficient (Wildman–Crippen LogP) is 2.21. The Morgan fingerprint density at radius 1 is 1.25 bits per heavy atom. The Morgan fingerprint density at radius 3 is 2.80 bits per heavy atom. The second-order valence-corrected chi connectivity index (χ2v) is 5.88. The highest BCUT2D eigenvalue weighted by molar-refractivity contribution is 6.30. The summed E-state index contributed by atoms with van der Waals surface area (Å²) in [7, 11) is 0. The molecular weight excluding hydrogens is 276 g/mol. The quantitative estimate of drug-likeness (QED) is 0.929. The highest BCUT2D eigenvalue weighted by Crippen LogP contribution is 2.25. The summed E-state index contributed by atoms with van der Waals surface area (Å²) in [6, 6.07) is 8.18. The van der Waals surface area contributed by atoms with Crippen LogP contribution in [0.25, 0.3) is 0 Å². The van der Waals surface area contributed by atoms with E-state index in [2.05, 4.69) is 5.32 Å². The Balaban J connectivity index is 1.63. The molecule has 108 valence electrons. The van der Waals surface area contributed by atoms with Crippen molar-refractivity contribution < 1.29 is 9.53 Å². The number of hydrogen-bond acceptors (Lipinski definition) is 3. The highest BCUT2D eigenvalue weighted by Gasteiger charge is 2.32. The van der Waals surface area contributed by atoms with E-state index in [0.717, 1.165) is 38.3 Å². The Bertz CT molecular complexity index is 489. The fourth-order valence-corrected chi connectivity index (χ4v) is 3.09. The molecule has 2 aliphatic rings. The Morgan fingerprint density at radius 2 is 2.05 bits per heavy atom. The maximum Gasteiger partial charge on any atom is 0.228 e. The third-order valence-corrected chi connectivity index (χ3v) is 4.17. The van der Waals surface area contributed by atoms with Crippen molar-refractivity contribution in [2.24, 2.45) is 0 Å². The largest absolute Gasteiger partial charge is 0.381 e. The van der Waals surface area contributed by atoms with Gasteiger partial charge in [-0.2, -0.15) is 0 Å². The van der Waals surface area contributed by atoms with E-state index in [9.17, 15) is 4.79 Å². The molecule has 1 aromatic carbocycles. The van der Waals surface area contributed by atoms with E-state index in [1.165, 1.54) is 0 Å². The molecule has 3 rings (SSSR count). The van der Waals surface area contributed by atoms with Gasteiger partial charge in [-0.15, -0.1) is 0 Å². The maximum absolute atomic E-state index is 12.2. The number of rotatable bonds is 3. The molecule has 5 heteroatoms. The number of nitrogens with zero attached hydrogens (tertiary/aromatic N) is 1. The van der Waals surface area contributed by atoms with Crippen LogP contribution in [0.4, 0.5) is 5.69 Å². The average Bonchev–Trinajstić information content (AvgIpc) is 2.81. The van der Waals surface area contributed by atoms with Crippen LogP contribution in [0.3, 0.4) is 0 Å². The van der Waals surface area contributed by atoms with Crippen LogP contribution in [0, 0.1) is 0 Å². The van der Waals surface area contributed by atoms with Crippen LogP contribution in [-0.2, 0) is 9.53 Å². The lowest BCUT2D eigenvalue weighted by atomic mass is 10.1. The summed E-state index contributed by atoms with van der Waals surface area (Å²) in [5, 5.41) is 4.25. The van der Waals surface area contributed by atoms with Crippen LogP contribution in [0.5, 0.6) is 0 Å². The van der Waals surface area contributed by atoms with Gasteiger partial charge in [0, 0.05) is 49.0 Å². The van der Waals surface area contributed by atoms with Gasteiger partial charge in [0.1, 0.15) is 0 Å². The van der Waals surface area contributed by atoms with Crippen molar-refractivity contribution in [1.82, 2.24) is 5.32 Å². The zero-order valence-electron chi connectivity index (χ0n) is 11.3. The van der Waals surface area contributed by atoms with Crippen LogP contribution in [0.15, 0.2) is 24.3 Å². The molecule has 1 N–H and O–H groups in total. The first-order valence-electron chi connectivity index (χ1n) is 7.12. The predicted molar refractivity (Wildman–Crippen MR) is 79.2 cm³/mol. The van der Waals surface area contributed by atoms with E-state index >= 15 is 0 Å². The highest BCUT2D eigenvalue weighted by atomic mass is 35.5. The van der Waals surface area contributed by atoms with Gasteiger partial charge in [0.2, 0.25) is 5.91 Å². The minimum atomic E-state index is 0.164. The van der Waals surface area contributed by atoms with Crippen molar-refractivity contribution in [1.29, 1.82) is 0 Å². The number of amides is 1. The minimum absolute atomic E-state index is 0.164. The first-order valence-corrected chi connectivity index (χ1v) is 7.50. The van der Waals surface area contributed by atoms with Gasteiger partial charge in [-0.3, -0.25) is 4.79 Å². The van der Waals surface area contributed by atoms with Gasteiger partial charge in [-0.25, -0.2) is 0 Å². The standard InChI is InChI=1S/C15H19ClN2O2/c16-11-2-1-3-14(8-11)18-10-13(9-15(18)19)17-12-4-6-20-7-5-12/h1-3,8,12-13,17H,4-7,9-10H2. The van der Waals surface area contributed by atoms with Gasteiger partial charge in [-0.05, 0) is 31.0 Å². The number of benzene rings is 1. The molecule has 1 unspecified atom stereocenters. The molecule has 2 aliphatic heterocycles.